The Morgan fingerprint density at radius 2 is 2.31 bits per heavy atom. The van der Waals surface area contributed by atoms with Crippen molar-refractivity contribution in [2.24, 2.45) is 0 Å². The topological polar surface area (TPSA) is 17.1 Å². The van der Waals surface area contributed by atoms with Gasteiger partial charge in [-0.15, -0.1) is 29.3 Å². The van der Waals surface area contributed by atoms with Gasteiger partial charge in [0.05, 0.1) is 0 Å². The quantitative estimate of drug-likeness (QED) is 0.606. The predicted molar refractivity (Wildman–Crippen MR) is 52.0 cm³/mol. The van der Waals surface area contributed by atoms with Gasteiger partial charge in [0.15, 0.2) is 0 Å². The van der Waals surface area contributed by atoms with Crippen LogP contribution in [0.4, 0.5) is 0 Å². The van der Waals surface area contributed by atoms with Gasteiger partial charge in [-0.1, -0.05) is 27.3 Å². The fourth-order valence-electron chi connectivity index (χ4n) is 0.833. The van der Waals surface area contributed by atoms with Gasteiger partial charge < -0.3 is 11.7 Å². The largest absolute Gasteiger partial charge is 0.355 e. The molecular weight excluding hydrogens is 305 g/mol. The van der Waals surface area contributed by atoms with Gasteiger partial charge in [0.1, 0.15) is 0 Å². The first-order chi connectivity index (χ1) is 5.65. The van der Waals surface area contributed by atoms with E-state index in [-0.39, 0.29) is 44.9 Å². The molecule has 67 valence electrons. The first kappa shape index (κ1) is 13.5. The number of aryl methyl sites for hydroxylation is 1. The Bertz CT molecular complexity index is 310. The fourth-order valence-corrected chi connectivity index (χ4v) is 1.18. The van der Waals surface area contributed by atoms with E-state index in [1.807, 2.05) is 6.92 Å². The molecule has 0 amide bonds. The molecule has 0 aromatic heterocycles. The van der Waals surface area contributed by atoms with Gasteiger partial charge in [0.25, 0.3) is 0 Å². The second-order valence-corrected chi connectivity index (χ2v) is 3.41. The predicted octanol–water partition coefficient (Wildman–Crippen LogP) is 2.96. The molecule has 0 fully saturated rings. The third-order valence-corrected chi connectivity index (χ3v) is 2.47. The summed E-state index contributed by atoms with van der Waals surface area (Å²) in [6.45, 7) is 5.49. The van der Waals surface area contributed by atoms with Gasteiger partial charge >= 0.3 is 0 Å². The van der Waals surface area contributed by atoms with Crippen molar-refractivity contribution in [1.82, 2.24) is 0 Å². The molecule has 0 spiro atoms. The molecule has 0 heterocycles. The second-order valence-electron chi connectivity index (χ2n) is 2.55. The molecule has 1 rings (SSSR count). The Kier molecular flexibility index (Phi) is 6.27. The molecule has 0 bridgehead atoms. The Morgan fingerprint density at radius 3 is 2.77 bits per heavy atom. The average Bonchev–Trinajstić information content (AvgIpc) is 2.08. The number of carbonyl (C=O) groups is 1. The monoisotopic (exact) mass is 313 g/mol. The van der Waals surface area contributed by atoms with Crippen LogP contribution in [0, 0.1) is 19.9 Å². The summed E-state index contributed by atoms with van der Waals surface area (Å²) < 4.78 is 0.943. The maximum atomic E-state index is 11.2. The summed E-state index contributed by atoms with van der Waals surface area (Å²) in [6, 6.07) is 6.49. The van der Waals surface area contributed by atoms with Crippen molar-refractivity contribution in [3.8, 4) is 0 Å². The number of halogens is 1. The number of hydrogen-bond donors (Lipinski definition) is 0. The average molecular weight is 314 g/mol. The van der Waals surface area contributed by atoms with Gasteiger partial charge in [0.2, 0.25) is 0 Å². The van der Waals surface area contributed by atoms with E-state index >= 15 is 0 Å². The van der Waals surface area contributed by atoms with E-state index in [1.54, 1.807) is 12.1 Å². The fraction of sp³-hybridized carbons (Fsp3) is 0.200. The Balaban J connectivity index is 0.00000144. The molecule has 0 aliphatic rings. The van der Waals surface area contributed by atoms with Gasteiger partial charge in [-0.3, -0.25) is 0 Å². The minimum atomic E-state index is 0. The number of ketones is 1. The Hall–Kier alpha value is 0.474. The van der Waals surface area contributed by atoms with Gasteiger partial charge in [-0.25, -0.2) is 0 Å². The number of carbonyl (C=O) groups excluding carboxylic acids is 1. The minimum absolute atomic E-state index is 0. The zero-order chi connectivity index (χ0) is 9.14. The molecule has 1 nitrogen and oxygen atoms in total. The van der Waals surface area contributed by atoms with Crippen LogP contribution in [0.25, 0.3) is 0 Å². The maximum absolute atomic E-state index is 11.2. The van der Waals surface area contributed by atoms with Crippen molar-refractivity contribution in [3.63, 3.8) is 0 Å². The van der Waals surface area contributed by atoms with E-state index in [9.17, 15) is 4.79 Å². The summed E-state index contributed by atoms with van der Waals surface area (Å²) in [5.74, 6) is 0.0238. The molecule has 0 unspecified atom stereocenters. The minimum Gasteiger partial charge on any atom is -0.355 e. The molecule has 0 saturated carbocycles. The Morgan fingerprint density at radius 1 is 1.69 bits per heavy atom. The van der Waals surface area contributed by atoms with Crippen LogP contribution in [0.2, 0.25) is 0 Å². The number of rotatable bonds is 2. The summed E-state index contributed by atoms with van der Waals surface area (Å²) in [5.41, 5.74) is 1.68. The van der Waals surface area contributed by atoms with Crippen molar-refractivity contribution in [2.45, 2.75) is 13.3 Å². The third kappa shape index (κ3) is 3.61. The van der Waals surface area contributed by atoms with Crippen LogP contribution in [-0.4, -0.2) is 5.78 Å². The van der Waals surface area contributed by atoms with Crippen LogP contribution in [-0.2, 0) is 32.7 Å². The van der Waals surface area contributed by atoms with E-state index in [2.05, 4.69) is 28.9 Å². The summed E-state index contributed by atoms with van der Waals surface area (Å²) >= 11 is 3.35. The molecular formula is C10H9BrOY-2. The van der Waals surface area contributed by atoms with E-state index in [0.717, 1.165) is 10.0 Å². The molecule has 13 heavy (non-hydrogen) atoms. The molecule has 1 aromatic carbocycles. The van der Waals surface area contributed by atoms with Gasteiger partial charge in [-0.2, -0.15) is 6.42 Å². The number of benzene rings is 1. The van der Waals surface area contributed by atoms with E-state index in [4.69, 9.17) is 0 Å². The van der Waals surface area contributed by atoms with Crippen molar-refractivity contribution < 1.29 is 37.5 Å². The van der Waals surface area contributed by atoms with Crippen LogP contribution >= 0.6 is 15.9 Å². The first-order valence-corrected chi connectivity index (χ1v) is 4.44. The van der Waals surface area contributed by atoms with Crippen molar-refractivity contribution in [2.75, 3.05) is 0 Å². The first-order valence-electron chi connectivity index (χ1n) is 3.65. The summed E-state index contributed by atoms with van der Waals surface area (Å²) in [4.78, 5) is 11.2. The normalized spacial score (nSPS) is 9.15. The zero-order valence-electron chi connectivity index (χ0n) is 7.43. The van der Waals surface area contributed by atoms with Crippen molar-refractivity contribution in [3.05, 3.63) is 40.7 Å². The summed E-state index contributed by atoms with van der Waals surface area (Å²) in [5, 5.41) is 0. The molecule has 0 aliphatic heterocycles. The molecule has 1 aromatic rings. The zero-order valence-corrected chi connectivity index (χ0v) is 11.9. The molecule has 0 aliphatic carbocycles. The van der Waals surface area contributed by atoms with Crippen LogP contribution in [0.1, 0.15) is 22.3 Å². The van der Waals surface area contributed by atoms with Crippen LogP contribution in [0.15, 0.2) is 16.6 Å². The standard InChI is InChI=1S/C10H9BrO.Y/c1-3-10(12)8-5-4-7(2)9(11)6-8;/h4,6H,1,3H2,2H3;/q-2;. The summed E-state index contributed by atoms with van der Waals surface area (Å²) in [7, 11) is 0. The molecule has 1 radical (unpaired) electrons. The van der Waals surface area contributed by atoms with Crippen molar-refractivity contribution >= 4 is 21.7 Å². The second kappa shape index (κ2) is 6.05. The Labute approximate surface area is 112 Å². The van der Waals surface area contributed by atoms with Crippen LogP contribution < -0.4 is 0 Å². The molecule has 0 saturated heterocycles. The summed E-state index contributed by atoms with van der Waals surface area (Å²) in [6.07, 6.45) is 0.284. The van der Waals surface area contributed by atoms with Gasteiger partial charge in [0, 0.05) is 38.5 Å². The number of hydrogen-bond acceptors (Lipinski definition) is 1. The molecule has 0 N–H and O–H groups in total. The van der Waals surface area contributed by atoms with E-state index < -0.39 is 0 Å². The molecule has 3 heteroatoms. The maximum Gasteiger partial charge on any atom is 0.0493 e. The van der Waals surface area contributed by atoms with Crippen LogP contribution in [0.5, 0.6) is 0 Å². The van der Waals surface area contributed by atoms with E-state index in [0.29, 0.717) is 5.56 Å². The van der Waals surface area contributed by atoms with Gasteiger partial charge in [-0.05, 0) is 0 Å². The van der Waals surface area contributed by atoms with Crippen LogP contribution in [0.3, 0.4) is 0 Å². The van der Waals surface area contributed by atoms with Crippen molar-refractivity contribution in [1.29, 1.82) is 0 Å². The third-order valence-electron chi connectivity index (χ3n) is 1.62. The van der Waals surface area contributed by atoms with E-state index in [1.165, 1.54) is 0 Å². The molecule has 0 atom stereocenters. The number of Topliss-reactive ketones (excluding diaryl/α,β-unsaturated/α-hetero) is 1. The SMILES string of the molecule is [CH2-]CC(=O)c1[c-]cc(C)c(Br)c1.[Y]. The smallest absolute Gasteiger partial charge is 0.0493 e.